The van der Waals surface area contributed by atoms with Gasteiger partial charge in [0.25, 0.3) is 5.56 Å². The van der Waals surface area contributed by atoms with E-state index < -0.39 is 0 Å². The molecule has 4 heteroatoms. The molecule has 0 saturated heterocycles. The van der Waals surface area contributed by atoms with Gasteiger partial charge in [-0.05, 0) is 6.07 Å². The van der Waals surface area contributed by atoms with Gasteiger partial charge in [0.05, 0.1) is 5.52 Å². The molecule has 1 N–H and O–H groups in total. The Labute approximate surface area is 56.1 Å². The van der Waals surface area contributed by atoms with Crippen LogP contribution in [0.1, 0.15) is 0 Å². The molecule has 0 aliphatic rings. The fourth-order valence-corrected chi connectivity index (χ4v) is 0.854. The van der Waals surface area contributed by atoms with Crippen molar-refractivity contribution >= 4 is 5.52 Å². The predicted molar refractivity (Wildman–Crippen MR) is 35.8 cm³/mol. The van der Waals surface area contributed by atoms with Crippen LogP contribution in [-0.2, 0) is 0 Å². The minimum absolute atomic E-state index is 0.209. The highest BCUT2D eigenvalue weighted by Gasteiger charge is 1.90. The SMILES string of the molecule is O=c1cc2cc[nH]n2cn1. The molecule has 2 aromatic heterocycles. The van der Waals surface area contributed by atoms with Crippen molar-refractivity contribution in [1.29, 1.82) is 0 Å². The number of nitrogens with zero attached hydrogens (tertiary/aromatic N) is 2. The van der Waals surface area contributed by atoms with Crippen LogP contribution in [0.5, 0.6) is 0 Å². The first-order valence-electron chi connectivity index (χ1n) is 2.88. The van der Waals surface area contributed by atoms with E-state index in [2.05, 4.69) is 10.1 Å². The average Bonchev–Trinajstić information content (AvgIpc) is 2.33. The van der Waals surface area contributed by atoms with Crippen LogP contribution in [0.4, 0.5) is 0 Å². The minimum atomic E-state index is -0.209. The first-order valence-corrected chi connectivity index (χ1v) is 2.88. The summed E-state index contributed by atoms with van der Waals surface area (Å²) in [6, 6.07) is 3.28. The lowest BCUT2D eigenvalue weighted by atomic mass is 10.5. The van der Waals surface area contributed by atoms with Gasteiger partial charge in [-0.1, -0.05) is 0 Å². The molecule has 0 aliphatic heterocycles. The van der Waals surface area contributed by atoms with Gasteiger partial charge in [0.1, 0.15) is 6.33 Å². The fourth-order valence-electron chi connectivity index (χ4n) is 0.854. The molecular formula is C6H5N3O. The lowest BCUT2D eigenvalue weighted by molar-refractivity contribution is 0.911. The number of aromatic amines is 1. The molecule has 0 bridgehead atoms. The normalized spacial score (nSPS) is 10.4. The van der Waals surface area contributed by atoms with Crippen LogP contribution in [0, 0.1) is 0 Å². The van der Waals surface area contributed by atoms with Gasteiger partial charge < -0.3 is 5.10 Å². The van der Waals surface area contributed by atoms with E-state index in [-0.39, 0.29) is 5.56 Å². The van der Waals surface area contributed by atoms with Gasteiger partial charge in [-0.25, -0.2) is 4.52 Å². The summed E-state index contributed by atoms with van der Waals surface area (Å²) < 4.78 is 1.67. The van der Waals surface area contributed by atoms with Gasteiger partial charge in [-0.3, -0.25) is 4.79 Å². The summed E-state index contributed by atoms with van der Waals surface area (Å²) in [4.78, 5) is 14.2. The highest BCUT2D eigenvalue weighted by molar-refractivity contribution is 5.42. The third kappa shape index (κ3) is 0.621. The number of rotatable bonds is 0. The van der Waals surface area contributed by atoms with Crippen molar-refractivity contribution in [1.82, 2.24) is 14.6 Å². The van der Waals surface area contributed by atoms with E-state index in [0.29, 0.717) is 0 Å². The Bertz CT molecular complexity index is 400. The first-order chi connectivity index (χ1) is 4.86. The Balaban J connectivity index is 2.99. The molecule has 0 saturated carbocycles. The van der Waals surface area contributed by atoms with E-state index in [1.165, 1.54) is 12.4 Å². The highest BCUT2D eigenvalue weighted by Crippen LogP contribution is 1.93. The number of fused-ring (bicyclic) bond motifs is 1. The summed E-state index contributed by atoms with van der Waals surface area (Å²) in [7, 11) is 0. The van der Waals surface area contributed by atoms with E-state index >= 15 is 0 Å². The zero-order valence-corrected chi connectivity index (χ0v) is 5.11. The molecule has 0 spiro atoms. The van der Waals surface area contributed by atoms with Gasteiger partial charge in [0.2, 0.25) is 0 Å². The van der Waals surface area contributed by atoms with E-state index in [9.17, 15) is 4.79 Å². The summed E-state index contributed by atoms with van der Waals surface area (Å²) >= 11 is 0. The molecule has 0 aliphatic carbocycles. The molecule has 50 valence electrons. The van der Waals surface area contributed by atoms with Crippen molar-refractivity contribution in [2.45, 2.75) is 0 Å². The summed E-state index contributed by atoms with van der Waals surface area (Å²) in [5.41, 5.74) is 0.625. The summed E-state index contributed by atoms with van der Waals surface area (Å²) in [5.74, 6) is 0. The van der Waals surface area contributed by atoms with Gasteiger partial charge in [-0.15, -0.1) is 0 Å². The Morgan fingerprint density at radius 1 is 1.60 bits per heavy atom. The second kappa shape index (κ2) is 1.70. The second-order valence-corrected chi connectivity index (χ2v) is 1.98. The third-order valence-electron chi connectivity index (χ3n) is 1.32. The van der Waals surface area contributed by atoms with Crippen LogP contribution < -0.4 is 5.56 Å². The largest absolute Gasteiger partial charge is 0.300 e. The molecule has 2 aromatic rings. The maximum absolute atomic E-state index is 10.6. The third-order valence-corrected chi connectivity index (χ3v) is 1.32. The minimum Gasteiger partial charge on any atom is -0.300 e. The number of aromatic nitrogens is 3. The molecular weight excluding hydrogens is 130 g/mol. The number of hydrogen-bond acceptors (Lipinski definition) is 2. The van der Waals surface area contributed by atoms with E-state index in [1.54, 1.807) is 10.7 Å². The van der Waals surface area contributed by atoms with Gasteiger partial charge in [0, 0.05) is 12.3 Å². The zero-order chi connectivity index (χ0) is 6.97. The molecule has 10 heavy (non-hydrogen) atoms. The maximum atomic E-state index is 10.6. The molecule has 2 heterocycles. The molecule has 0 aromatic carbocycles. The van der Waals surface area contributed by atoms with E-state index in [1.807, 2.05) is 6.07 Å². The Morgan fingerprint density at radius 2 is 2.50 bits per heavy atom. The second-order valence-electron chi connectivity index (χ2n) is 1.98. The summed E-state index contributed by atoms with van der Waals surface area (Å²) in [6.45, 7) is 0. The Hall–Kier alpha value is -1.58. The maximum Gasteiger partial charge on any atom is 0.273 e. The van der Waals surface area contributed by atoms with Gasteiger partial charge in [-0.2, -0.15) is 4.98 Å². The van der Waals surface area contributed by atoms with Crippen molar-refractivity contribution in [2.75, 3.05) is 0 Å². The van der Waals surface area contributed by atoms with E-state index in [0.717, 1.165) is 5.52 Å². The number of hydrogen-bond donors (Lipinski definition) is 1. The Kier molecular flexibility index (Phi) is 0.887. The predicted octanol–water partition coefficient (Wildman–Crippen LogP) is 0.0226. The molecule has 0 fully saturated rings. The molecule has 0 atom stereocenters. The van der Waals surface area contributed by atoms with Gasteiger partial charge >= 0.3 is 0 Å². The average molecular weight is 135 g/mol. The van der Waals surface area contributed by atoms with Crippen molar-refractivity contribution in [3.05, 3.63) is 35.0 Å². The van der Waals surface area contributed by atoms with Crippen LogP contribution in [-0.4, -0.2) is 14.6 Å². The van der Waals surface area contributed by atoms with Crippen molar-refractivity contribution < 1.29 is 0 Å². The van der Waals surface area contributed by atoms with Crippen molar-refractivity contribution in [3.8, 4) is 0 Å². The highest BCUT2D eigenvalue weighted by atomic mass is 16.1. The van der Waals surface area contributed by atoms with Crippen LogP contribution in [0.15, 0.2) is 29.5 Å². The van der Waals surface area contributed by atoms with Crippen LogP contribution in [0.3, 0.4) is 0 Å². The lowest BCUT2D eigenvalue weighted by Crippen LogP contribution is -2.04. The zero-order valence-electron chi connectivity index (χ0n) is 5.11. The van der Waals surface area contributed by atoms with Crippen molar-refractivity contribution in [3.63, 3.8) is 0 Å². The standard InChI is InChI=1S/C6H5N3O/c10-6-3-5-1-2-8-9(5)4-7-6/h1-4,8H. The van der Waals surface area contributed by atoms with Crippen molar-refractivity contribution in [2.24, 2.45) is 0 Å². The van der Waals surface area contributed by atoms with Crippen LogP contribution >= 0.6 is 0 Å². The smallest absolute Gasteiger partial charge is 0.273 e. The van der Waals surface area contributed by atoms with Gasteiger partial charge in [0.15, 0.2) is 0 Å². The Morgan fingerprint density at radius 3 is 3.40 bits per heavy atom. The molecule has 2 rings (SSSR count). The monoisotopic (exact) mass is 135 g/mol. The number of nitrogens with one attached hydrogen (secondary N) is 1. The molecule has 0 radical (unpaired) electrons. The quantitative estimate of drug-likeness (QED) is 0.553. The molecule has 4 nitrogen and oxygen atoms in total. The summed E-state index contributed by atoms with van der Waals surface area (Å²) in [6.07, 6.45) is 3.20. The molecule has 0 amide bonds. The topological polar surface area (TPSA) is 50.2 Å². The van der Waals surface area contributed by atoms with Crippen LogP contribution in [0.2, 0.25) is 0 Å². The van der Waals surface area contributed by atoms with Crippen LogP contribution in [0.25, 0.3) is 5.52 Å². The molecule has 0 unspecified atom stereocenters. The first kappa shape index (κ1) is 5.22. The number of H-pyrrole nitrogens is 1. The summed E-state index contributed by atoms with van der Waals surface area (Å²) in [5, 5.41) is 2.86. The van der Waals surface area contributed by atoms with E-state index in [4.69, 9.17) is 0 Å². The lowest BCUT2D eigenvalue weighted by Gasteiger charge is -1.87. The fraction of sp³-hybridized carbons (Fsp3) is 0.